The summed E-state index contributed by atoms with van der Waals surface area (Å²) in [6.45, 7) is 8.52. The second kappa shape index (κ2) is 8.49. The largest absolute Gasteiger partial charge is 0.399 e. The lowest BCUT2D eigenvalue weighted by atomic mass is 9.84. The number of nitrogens with two attached hydrogens (primary N) is 1. The van der Waals surface area contributed by atoms with E-state index in [1.807, 2.05) is 25.3 Å². The van der Waals surface area contributed by atoms with E-state index in [0.29, 0.717) is 0 Å². The topological polar surface area (TPSA) is 38.4 Å². The van der Waals surface area contributed by atoms with E-state index in [1.54, 1.807) is 0 Å². The molecule has 0 aliphatic rings. The fourth-order valence-corrected chi connectivity index (χ4v) is 3.02. The molecule has 0 saturated heterocycles. The van der Waals surface area contributed by atoms with Crippen molar-refractivity contribution < 1.29 is 0 Å². The van der Waals surface area contributed by atoms with Crippen molar-refractivity contribution in [3.8, 4) is 0 Å². The van der Waals surface area contributed by atoms with Crippen molar-refractivity contribution in [3.63, 3.8) is 0 Å². The zero-order valence-corrected chi connectivity index (χ0v) is 15.2. The normalized spacial score (nSPS) is 13.4. The van der Waals surface area contributed by atoms with Gasteiger partial charge in [-0.05, 0) is 61.6 Å². The van der Waals surface area contributed by atoms with Crippen LogP contribution in [-0.4, -0.2) is 6.21 Å². The second-order valence-corrected chi connectivity index (χ2v) is 6.20. The minimum atomic E-state index is 0.108. The molecule has 1 unspecified atom stereocenters. The third-order valence-electron chi connectivity index (χ3n) is 4.42. The summed E-state index contributed by atoms with van der Waals surface area (Å²) in [5, 5.41) is 0. The van der Waals surface area contributed by atoms with Gasteiger partial charge in [-0.2, -0.15) is 0 Å². The van der Waals surface area contributed by atoms with Gasteiger partial charge in [0.25, 0.3) is 0 Å². The Morgan fingerprint density at radius 2 is 1.92 bits per heavy atom. The smallest absolute Gasteiger partial charge is 0.0513 e. The molecule has 0 aromatic heterocycles. The van der Waals surface area contributed by atoms with Crippen molar-refractivity contribution in [2.45, 2.75) is 46.5 Å². The molecule has 0 radical (unpaired) electrons. The molecule has 0 heterocycles. The fourth-order valence-electron chi connectivity index (χ4n) is 3.02. The Labute approximate surface area is 146 Å². The van der Waals surface area contributed by atoms with Crippen molar-refractivity contribution in [2.75, 3.05) is 5.73 Å². The van der Waals surface area contributed by atoms with Gasteiger partial charge in [-0.15, -0.1) is 0 Å². The molecule has 126 valence electrons. The molecule has 0 amide bonds. The number of nitrogen functional groups attached to an aromatic ring is 1. The first kappa shape index (κ1) is 18.0. The molecule has 0 saturated carbocycles. The molecular weight excluding hydrogens is 292 g/mol. The van der Waals surface area contributed by atoms with Gasteiger partial charge in [0.15, 0.2) is 0 Å². The number of nitrogens with zero attached hydrogens (tertiary/aromatic N) is 1. The highest BCUT2D eigenvalue weighted by Gasteiger charge is 2.21. The van der Waals surface area contributed by atoms with Crippen molar-refractivity contribution in [2.24, 2.45) is 4.99 Å². The zero-order valence-electron chi connectivity index (χ0n) is 15.2. The maximum atomic E-state index is 6.06. The Morgan fingerprint density at radius 3 is 2.58 bits per heavy atom. The zero-order chi connectivity index (χ0) is 17.5. The third kappa shape index (κ3) is 4.14. The molecule has 1 atom stereocenters. The number of hydrogen-bond acceptors (Lipinski definition) is 2. The molecule has 0 fully saturated rings. The Bertz CT molecular complexity index is 741. The SMILES string of the molecule is CC=N/C(=C\CCC)C(c1cccc(N)c1)c1cccc(C)c1C. The molecule has 0 bridgehead atoms. The third-order valence-corrected chi connectivity index (χ3v) is 4.42. The quantitative estimate of drug-likeness (QED) is 0.531. The Kier molecular flexibility index (Phi) is 6.36. The molecular formula is C22H28N2. The number of unbranched alkanes of at least 4 members (excludes halogenated alkanes) is 1. The maximum Gasteiger partial charge on any atom is 0.0513 e. The summed E-state index contributed by atoms with van der Waals surface area (Å²) in [7, 11) is 0. The number of rotatable bonds is 6. The molecule has 2 aromatic rings. The average molecular weight is 320 g/mol. The summed E-state index contributed by atoms with van der Waals surface area (Å²) >= 11 is 0. The van der Waals surface area contributed by atoms with Crippen molar-refractivity contribution in [3.05, 3.63) is 76.5 Å². The summed E-state index contributed by atoms with van der Waals surface area (Å²) < 4.78 is 0. The first-order valence-electron chi connectivity index (χ1n) is 8.68. The molecule has 2 N–H and O–H groups in total. The van der Waals surface area contributed by atoms with Crippen LogP contribution < -0.4 is 5.73 Å². The van der Waals surface area contributed by atoms with Gasteiger partial charge in [-0.1, -0.05) is 49.8 Å². The van der Waals surface area contributed by atoms with Gasteiger partial charge >= 0.3 is 0 Å². The molecule has 0 aliphatic heterocycles. The van der Waals surface area contributed by atoms with E-state index >= 15 is 0 Å². The van der Waals surface area contributed by atoms with Gasteiger partial charge in [0, 0.05) is 17.6 Å². The predicted octanol–water partition coefficient (Wildman–Crippen LogP) is 5.79. The lowest BCUT2D eigenvalue weighted by Crippen LogP contribution is -2.07. The van der Waals surface area contributed by atoms with Gasteiger partial charge in [-0.25, -0.2) is 0 Å². The molecule has 2 aromatic carbocycles. The van der Waals surface area contributed by atoms with Crippen LogP contribution in [-0.2, 0) is 0 Å². The van der Waals surface area contributed by atoms with E-state index in [1.165, 1.54) is 22.3 Å². The standard InChI is InChI=1S/C22H28N2/c1-5-7-14-21(24-6-2)22(18-11-9-12-19(23)15-18)20-13-8-10-16(3)17(20)4/h6,8-15,22H,5,7,23H2,1-4H3/b21-14-,24-6?. The van der Waals surface area contributed by atoms with Crippen LogP contribution in [0.2, 0.25) is 0 Å². The molecule has 2 heteroatoms. The number of aliphatic imine (C=N–C) groups is 1. The number of benzene rings is 2. The second-order valence-electron chi connectivity index (χ2n) is 6.20. The van der Waals surface area contributed by atoms with Gasteiger partial charge < -0.3 is 5.73 Å². The van der Waals surface area contributed by atoms with Crippen molar-refractivity contribution in [1.29, 1.82) is 0 Å². The molecule has 24 heavy (non-hydrogen) atoms. The Balaban J connectivity index is 2.67. The number of anilines is 1. The highest BCUT2D eigenvalue weighted by atomic mass is 14.7. The predicted molar refractivity (Wildman–Crippen MR) is 106 cm³/mol. The monoisotopic (exact) mass is 320 g/mol. The van der Waals surface area contributed by atoms with E-state index in [-0.39, 0.29) is 5.92 Å². The van der Waals surface area contributed by atoms with Crippen LogP contribution in [0.3, 0.4) is 0 Å². The minimum Gasteiger partial charge on any atom is -0.399 e. The first-order valence-corrected chi connectivity index (χ1v) is 8.68. The van der Waals surface area contributed by atoms with Crippen LogP contribution in [0.4, 0.5) is 5.69 Å². The summed E-state index contributed by atoms with van der Waals surface area (Å²) in [5.74, 6) is 0.108. The van der Waals surface area contributed by atoms with E-state index in [2.05, 4.69) is 57.2 Å². The average Bonchev–Trinajstić information content (AvgIpc) is 2.57. The first-order chi connectivity index (χ1) is 11.6. The van der Waals surface area contributed by atoms with Gasteiger partial charge in [-0.3, -0.25) is 4.99 Å². The van der Waals surface area contributed by atoms with E-state index in [0.717, 1.165) is 24.2 Å². The van der Waals surface area contributed by atoms with Gasteiger partial charge in [0.05, 0.1) is 5.92 Å². The molecule has 0 spiro atoms. The van der Waals surface area contributed by atoms with Gasteiger partial charge in [0.1, 0.15) is 0 Å². The van der Waals surface area contributed by atoms with Crippen LogP contribution in [0, 0.1) is 13.8 Å². The van der Waals surface area contributed by atoms with Crippen LogP contribution in [0.1, 0.15) is 54.9 Å². The minimum absolute atomic E-state index is 0.108. The van der Waals surface area contributed by atoms with Crippen LogP contribution >= 0.6 is 0 Å². The van der Waals surface area contributed by atoms with Crippen LogP contribution in [0.15, 0.2) is 59.2 Å². The van der Waals surface area contributed by atoms with Crippen molar-refractivity contribution >= 4 is 11.9 Å². The summed E-state index contributed by atoms with van der Waals surface area (Å²) in [5.41, 5.74) is 13.1. The highest BCUT2D eigenvalue weighted by molar-refractivity contribution is 5.58. The fraction of sp³-hybridized carbons (Fsp3) is 0.318. The van der Waals surface area contributed by atoms with Gasteiger partial charge in [0.2, 0.25) is 0 Å². The lowest BCUT2D eigenvalue weighted by molar-refractivity contribution is 0.876. The summed E-state index contributed by atoms with van der Waals surface area (Å²) in [6, 6.07) is 14.7. The number of hydrogen-bond donors (Lipinski definition) is 1. The van der Waals surface area contributed by atoms with E-state index in [9.17, 15) is 0 Å². The number of allylic oxidation sites excluding steroid dienone is 2. The number of aryl methyl sites for hydroxylation is 1. The Morgan fingerprint density at radius 1 is 1.17 bits per heavy atom. The van der Waals surface area contributed by atoms with Crippen LogP contribution in [0.25, 0.3) is 0 Å². The van der Waals surface area contributed by atoms with E-state index < -0.39 is 0 Å². The molecule has 0 aliphatic carbocycles. The lowest BCUT2D eigenvalue weighted by Gasteiger charge is -2.22. The maximum absolute atomic E-state index is 6.06. The molecule has 2 nitrogen and oxygen atoms in total. The summed E-state index contributed by atoms with van der Waals surface area (Å²) in [4.78, 5) is 4.71. The van der Waals surface area contributed by atoms with Crippen LogP contribution in [0.5, 0.6) is 0 Å². The molecule has 2 rings (SSSR count). The Hall–Kier alpha value is -2.35. The summed E-state index contributed by atoms with van der Waals surface area (Å²) in [6.07, 6.45) is 6.27. The van der Waals surface area contributed by atoms with Crippen molar-refractivity contribution in [1.82, 2.24) is 0 Å². The van der Waals surface area contributed by atoms with E-state index in [4.69, 9.17) is 10.7 Å². The highest BCUT2D eigenvalue weighted by Crippen LogP contribution is 2.36.